The Hall–Kier alpha value is -1.37. The summed E-state index contributed by atoms with van der Waals surface area (Å²) in [5, 5.41) is 12.9. The molecule has 14 heavy (non-hydrogen) atoms. The van der Waals surface area contributed by atoms with Gasteiger partial charge < -0.3 is 0 Å². The summed E-state index contributed by atoms with van der Waals surface area (Å²) in [6, 6.07) is 6.30. The normalized spacial score (nSPS) is 12.1. The zero-order valence-corrected chi connectivity index (χ0v) is 8.78. The van der Waals surface area contributed by atoms with Crippen molar-refractivity contribution in [2.75, 3.05) is 0 Å². The maximum atomic E-state index is 8.73. The molecule has 3 heteroatoms. The average Bonchev–Trinajstić information content (AvgIpc) is 2.83. The SMILES string of the molecule is N#CC=C1c2ccsc2-c2sccc21. The summed E-state index contributed by atoms with van der Waals surface area (Å²) in [4.78, 5) is 2.63. The van der Waals surface area contributed by atoms with Gasteiger partial charge in [-0.15, -0.1) is 22.7 Å². The second-order valence-corrected chi connectivity index (χ2v) is 4.85. The molecule has 0 fully saturated rings. The summed E-state index contributed by atoms with van der Waals surface area (Å²) < 4.78 is 0. The van der Waals surface area contributed by atoms with E-state index in [1.165, 1.54) is 20.9 Å². The zero-order chi connectivity index (χ0) is 9.54. The summed E-state index contributed by atoms with van der Waals surface area (Å²) in [6.07, 6.45) is 1.64. The standard InChI is InChI=1S/C11H5NS2/c12-4-1-7-8-2-5-13-10(8)11-9(7)3-6-14-11/h1-3,5-6H. The first-order valence-corrected chi connectivity index (χ1v) is 5.93. The minimum absolute atomic E-state index is 1.08. The molecule has 2 aromatic rings. The molecule has 0 spiro atoms. The van der Waals surface area contributed by atoms with Gasteiger partial charge in [0.05, 0.1) is 15.8 Å². The zero-order valence-electron chi connectivity index (χ0n) is 7.15. The molecular formula is C11H5NS2. The van der Waals surface area contributed by atoms with E-state index < -0.39 is 0 Å². The molecule has 0 aliphatic heterocycles. The molecule has 1 aliphatic carbocycles. The summed E-state index contributed by atoms with van der Waals surface area (Å²) in [5.74, 6) is 0. The van der Waals surface area contributed by atoms with Crippen LogP contribution in [-0.4, -0.2) is 0 Å². The number of nitrogens with zero attached hydrogens (tertiary/aromatic N) is 1. The topological polar surface area (TPSA) is 23.8 Å². The molecule has 0 amide bonds. The van der Waals surface area contributed by atoms with Crippen LogP contribution in [0.3, 0.4) is 0 Å². The number of nitriles is 1. The van der Waals surface area contributed by atoms with E-state index in [9.17, 15) is 0 Å². The Morgan fingerprint density at radius 1 is 1.07 bits per heavy atom. The van der Waals surface area contributed by atoms with E-state index in [1.54, 1.807) is 28.7 Å². The first kappa shape index (κ1) is 7.98. The van der Waals surface area contributed by atoms with Crippen LogP contribution >= 0.6 is 22.7 Å². The largest absolute Gasteiger partial charge is 0.193 e. The second-order valence-electron chi connectivity index (χ2n) is 3.01. The lowest BCUT2D eigenvalue weighted by atomic mass is 10.1. The van der Waals surface area contributed by atoms with Gasteiger partial charge in [-0.05, 0) is 22.9 Å². The first-order chi connectivity index (χ1) is 6.92. The molecule has 0 aromatic carbocycles. The van der Waals surface area contributed by atoms with Crippen LogP contribution in [0.25, 0.3) is 15.3 Å². The van der Waals surface area contributed by atoms with Crippen LogP contribution in [0, 0.1) is 11.3 Å². The molecule has 0 saturated carbocycles. The van der Waals surface area contributed by atoms with Crippen molar-refractivity contribution in [2.45, 2.75) is 0 Å². The third-order valence-electron chi connectivity index (χ3n) is 2.33. The molecule has 0 atom stereocenters. The molecule has 0 N–H and O–H groups in total. The van der Waals surface area contributed by atoms with E-state index in [-0.39, 0.29) is 0 Å². The maximum Gasteiger partial charge on any atom is 0.0918 e. The van der Waals surface area contributed by atoms with Crippen molar-refractivity contribution in [2.24, 2.45) is 0 Å². The summed E-state index contributed by atoms with van der Waals surface area (Å²) in [7, 11) is 0. The van der Waals surface area contributed by atoms with Crippen LogP contribution < -0.4 is 0 Å². The molecule has 1 aliphatic rings. The molecule has 66 valence electrons. The van der Waals surface area contributed by atoms with E-state index in [1.807, 2.05) is 0 Å². The molecule has 0 radical (unpaired) electrons. The van der Waals surface area contributed by atoms with Gasteiger partial charge in [0.25, 0.3) is 0 Å². The minimum Gasteiger partial charge on any atom is -0.193 e. The van der Waals surface area contributed by atoms with Gasteiger partial charge in [-0.3, -0.25) is 0 Å². The van der Waals surface area contributed by atoms with Crippen molar-refractivity contribution >= 4 is 28.2 Å². The molecule has 2 aromatic heterocycles. The fraction of sp³-hybridized carbons (Fsp3) is 0. The highest BCUT2D eigenvalue weighted by atomic mass is 32.1. The van der Waals surface area contributed by atoms with E-state index in [4.69, 9.17) is 5.26 Å². The van der Waals surface area contributed by atoms with Crippen LogP contribution in [0.1, 0.15) is 11.1 Å². The van der Waals surface area contributed by atoms with Crippen LogP contribution in [0.4, 0.5) is 0 Å². The molecule has 0 bridgehead atoms. The van der Waals surface area contributed by atoms with Gasteiger partial charge in [0.1, 0.15) is 0 Å². The van der Waals surface area contributed by atoms with Crippen LogP contribution in [0.2, 0.25) is 0 Å². The molecule has 3 rings (SSSR count). The predicted molar refractivity (Wildman–Crippen MR) is 60.3 cm³/mol. The average molecular weight is 215 g/mol. The number of thiophene rings is 2. The Balaban J connectivity index is 2.39. The quantitative estimate of drug-likeness (QED) is 0.524. The Bertz CT molecular complexity index is 524. The van der Waals surface area contributed by atoms with E-state index in [2.05, 4.69) is 29.0 Å². The second kappa shape index (κ2) is 2.81. The van der Waals surface area contributed by atoms with E-state index in [0.29, 0.717) is 0 Å². The first-order valence-electron chi connectivity index (χ1n) is 4.17. The van der Waals surface area contributed by atoms with Crippen molar-refractivity contribution in [1.29, 1.82) is 5.26 Å². The third-order valence-corrected chi connectivity index (χ3v) is 4.32. The van der Waals surface area contributed by atoms with Gasteiger partial charge in [-0.2, -0.15) is 5.26 Å². The maximum absolute atomic E-state index is 8.73. The molecule has 0 saturated heterocycles. The van der Waals surface area contributed by atoms with Gasteiger partial charge in [0.2, 0.25) is 0 Å². The smallest absolute Gasteiger partial charge is 0.0918 e. The van der Waals surface area contributed by atoms with E-state index in [0.717, 1.165) is 5.57 Å². The van der Waals surface area contributed by atoms with Crippen LogP contribution in [0.5, 0.6) is 0 Å². The Morgan fingerprint density at radius 2 is 1.64 bits per heavy atom. The number of hydrogen-bond donors (Lipinski definition) is 0. The van der Waals surface area contributed by atoms with Crippen molar-refractivity contribution in [3.63, 3.8) is 0 Å². The highest BCUT2D eigenvalue weighted by Crippen LogP contribution is 2.49. The van der Waals surface area contributed by atoms with Crippen LogP contribution in [0.15, 0.2) is 29.0 Å². The van der Waals surface area contributed by atoms with Crippen LogP contribution in [-0.2, 0) is 0 Å². The lowest BCUT2D eigenvalue weighted by molar-refractivity contribution is 1.53. The van der Waals surface area contributed by atoms with Crippen molar-refractivity contribution < 1.29 is 0 Å². The molecule has 2 heterocycles. The highest BCUT2D eigenvalue weighted by molar-refractivity contribution is 7.21. The number of allylic oxidation sites excluding steroid dienone is 1. The highest BCUT2D eigenvalue weighted by Gasteiger charge is 2.25. The number of rotatable bonds is 0. The Morgan fingerprint density at radius 3 is 2.14 bits per heavy atom. The van der Waals surface area contributed by atoms with Gasteiger partial charge in [0, 0.05) is 22.8 Å². The van der Waals surface area contributed by atoms with Crippen molar-refractivity contribution in [1.82, 2.24) is 0 Å². The summed E-state index contributed by atoms with van der Waals surface area (Å²) in [6.45, 7) is 0. The van der Waals surface area contributed by atoms with Crippen molar-refractivity contribution in [3.8, 4) is 15.8 Å². The lowest BCUT2D eigenvalue weighted by Crippen LogP contribution is -1.75. The summed E-state index contributed by atoms with van der Waals surface area (Å²) in [5.41, 5.74) is 3.52. The minimum atomic E-state index is 1.08. The Kier molecular flexibility index (Phi) is 1.60. The van der Waals surface area contributed by atoms with Crippen molar-refractivity contribution in [3.05, 3.63) is 40.1 Å². The predicted octanol–water partition coefficient (Wildman–Crippen LogP) is 3.75. The Labute approximate surface area is 89.6 Å². The van der Waals surface area contributed by atoms with Gasteiger partial charge in [0.15, 0.2) is 0 Å². The fourth-order valence-electron chi connectivity index (χ4n) is 1.76. The van der Waals surface area contributed by atoms with E-state index >= 15 is 0 Å². The lowest BCUT2D eigenvalue weighted by Gasteiger charge is -1.93. The monoisotopic (exact) mass is 215 g/mol. The third kappa shape index (κ3) is 0.872. The van der Waals surface area contributed by atoms with Gasteiger partial charge in [-0.25, -0.2) is 0 Å². The molecule has 1 nitrogen and oxygen atoms in total. The molecule has 0 unspecified atom stereocenters. The number of hydrogen-bond acceptors (Lipinski definition) is 3. The fourth-order valence-corrected chi connectivity index (χ4v) is 3.77. The summed E-state index contributed by atoms with van der Waals surface area (Å²) >= 11 is 3.50. The van der Waals surface area contributed by atoms with Gasteiger partial charge in [-0.1, -0.05) is 0 Å². The number of fused-ring (bicyclic) bond motifs is 3. The molecular weight excluding hydrogens is 210 g/mol. The van der Waals surface area contributed by atoms with Gasteiger partial charge >= 0.3 is 0 Å².